The summed E-state index contributed by atoms with van der Waals surface area (Å²) in [6.45, 7) is 0.188. The molecule has 2 heteroatoms. The molecule has 0 amide bonds. The van der Waals surface area contributed by atoms with E-state index in [1.165, 1.54) is 11.1 Å². The number of oxime groups is 1. The molecular formula is C16H11NO. The molecule has 0 radical (unpaired) electrons. The molecule has 0 atom stereocenters. The highest BCUT2D eigenvalue weighted by Gasteiger charge is 2.24. The molecule has 2 aromatic carbocycles. The summed E-state index contributed by atoms with van der Waals surface area (Å²) >= 11 is 0. The lowest BCUT2D eigenvalue weighted by molar-refractivity contribution is 0.180. The molecule has 0 N–H and O–H groups in total. The van der Waals surface area contributed by atoms with E-state index in [1.807, 2.05) is 36.4 Å². The molecule has 0 fully saturated rings. The van der Waals surface area contributed by atoms with E-state index >= 15 is 0 Å². The molecule has 1 aliphatic rings. The average molecular weight is 233 g/mol. The van der Waals surface area contributed by atoms with Crippen molar-refractivity contribution in [3.8, 4) is 23.5 Å². The number of rotatable bonds is 2. The molecule has 0 saturated heterocycles. The normalized spacial score (nSPS) is 11.4. The number of terminal acetylenes is 1. The maximum atomic E-state index is 5.16. The van der Waals surface area contributed by atoms with Crippen LogP contribution < -0.4 is 0 Å². The van der Waals surface area contributed by atoms with Crippen LogP contribution in [0.5, 0.6) is 0 Å². The van der Waals surface area contributed by atoms with Gasteiger partial charge in [0.15, 0.2) is 6.61 Å². The fraction of sp³-hybridized carbons (Fsp3) is 0.0625. The predicted octanol–water partition coefficient (Wildman–Crippen LogP) is 3.07. The Hall–Kier alpha value is -2.53. The fourth-order valence-corrected chi connectivity index (χ4v) is 2.23. The van der Waals surface area contributed by atoms with Gasteiger partial charge >= 0.3 is 0 Å². The summed E-state index contributed by atoms with van der Waals surface area (Å²) in [5.74, 6) is 2.41. The summed E-state index contributed by atoms with van der Waals surface area (Å²) in [6.07, 6.45) is 5.16. The zero-order valence-electron chi connectivity index (χ0n) is 9.76. The van der Waals surface area contributed by atoms with Crippen molar-refractivity contribution in [1.82, 2.24) is 0 Å². The van der Waals surface area contributed by atoms with Crippen LogP contribution in [0.1, 0.15) is 11.1 Å². The van der Waals surface area contributed by atoms with Gasteiger partial charge < -0.3 is 4.84 Å². The predicted molar refractivity (Wildman–Crippen MR) is 72.3 cm³/mol. The van der Waals surface area contributed by atoms with Gasteiger partial charge in [0.1, 0.15) is 5.71 Å². The smallest absolute Gasteiger partial charge is 0.177 e. The minimum atomic E-state index is 0.188. The number of hydrogen-bond donors (Lipinski definition) is 0. The van der Waals surface area contributed by atoms with E-state index in [2.05, 4.69) is 23.2 Å². The first-order valence-electron chi connectivity index (χ1n) is 5.74. The molecular weight excluding hydrogens is 222 g/mol. The van der Waals surface area contributed by atoms with Crippen molar-refractivity contribution in [3.63, 3.8) is 0 Å². The Morgan fingerprint density at radius 3 is 1.89 bits per heavy atom. The summed E-state index contributed by atoms with van der Waals surface area (Å²) < 4.78 is 0. The van der Waals surface area contributed by atoms with Gasteiger partial charge in [0, 0.05) is 11.1 Å². The zero-order valence-corrected chi connectivity index (χ0v) is 9.76. The molecule has 86 valence electrons. The van der Waals surface area contributed by atoms with E-state index < -0.39 is 0 Å². The summed E-state index contributed by atoms with van der Waals surface area (Å²) in [6, 6.07) is 16.3. The topological polar surface area (TPSA) is 21.6 Å². The van der Waals surface area contributed by atoms with Gasteiger partial charge in [-0.25, -0.2) is 0 Å². The second-order valence-corrected chi connectivity index (χ2v) is 4.01. The molecule has 3 rings (SSSR count). The van der Waals surface area contributed by atoms with E-state index in [1.54, 1.807) is 0 Å². The van der Waals surface area contributed by atoms with Crippen LogP contribution in [0.3, 0.4) is 0 Å². The summed E-state index contributed by atoms with van der Waals surface area (Å²) in [4.78, 5) is 5.13. The van der Waals surface area contributed by atoms with Gasteiger partial charge in [0.2, 0.25) is 0 Å². The Morgan fingerprint density at radius 2 is 1.39 bits per heavy atom. The Balaban J connectivity index is 2.15. The molecule has 2 nitrogen and oxygen atoms in total. The highest BCUT2D eigenvalue weighted by molar-refractivity contribution is 6.24. The third-order valence-electron chi connectivity index (χ3n) is 2.96. The Labute approximate surface area is 106 Å². The average Bonchev–Trinajstić information content (AvgIpc) is 2.74. The monoisotopic (exact) mass is 233 g/mol. The fourth-order valence-electron chi connectivity index (χ4n) is 2.23. The Kier molecular flexibility index (Phi) is 2.59. The van der Waals surface area contributed by atoms with Crippen LogP contribution in [0.25, 0.3) is 11.1 Å². The molecule has 0 saturated carbocycles. The van der Waals surface area contributed by atoms with Crippen molar-refractivity contribution in [1.29, 1.82) is 0 Å². The zero-order chi connectivity index (χ0) is 12.4. The standard InChI is InChI=1S/C16H11NO/c1-2-11-18-17-16-14-9-5-3-7-12(14)13-8-4-6-10-15(13)16/h1,3-10H,11H2. The van der Waals surface area contributed by atoms with Gasteiger partial charge in [0.25, 0.3) is 0 Å². The van der Waals surface area contributed by atoms with Crippen LogP contribution in [-0.2, 0) is 4.84 Å². The number of hydrogen-bond acceptors (Lipinski definition) is 2. The van der Waals surface area contributed by atoms with E-state index in [-0.39, 0.29) is 6.61 Å². The van der Waals surface area contributed by atoms with Gasteiger partial charge in [-0.1, -0.05) is 59.6 Å². The first-order valence-corrected chi connectivity index (χ1v) is 5.74. The van der Waals surface area contributed by atoms with Gasteiger partial charge in [-0.15, -0.1) is 6.42 Å². The van der Waals surface area contributed by atoms with Gasteiger partial charge in [-0.2, -0.15) is 0 Å². The Morgan fingerprint density at radius 1 is 0.889 bits per heavy atom. The maximum Gasteiger partial charge on any atom is 0.177 e. The van der Waals surface area contributed by atoms with Gasteiger partial charge in [0.05, 0.1) is 0 Å². The molecule has 0 heterocycles. The SMILES string of the molecule is C#CCON=C1c2ccccc2-c2ccccc21. The van der Waals surface area contributed by atoms with E-state index in [9.17, 15) is 0 Å². The van der Waals surface area contributed by atoms with E-state index in [0.29, 0.717) is 0 Å². The second kappa shape index (κ2) is 4.38. The minimum absolute atomic E-state index is 0.188. The summed E-state index contributed by atoms with van der Waals surface area (Å²) in [5.41, 5.74) is 5.43. The lowest BCUT2D eigenvalue weighted by Gasteiger charge is -2.00. The molecule has 0 unspecified atom stereocenters. The molecule has 0 bridgehead atoms. The van der Waals surface area contributed by atoms with Crippen LogP contribution in [0, 0.1) is 12.3 Å². The highest BCUT2D eigenvalue weighted by atomic mass is 16.6. The van der Waals surface area contributed by atoms with Crippen LogP contribution in [0.4, 0.5) is 0 Å². The second-order valence-electron chi connectivity index (χ2n) is 4.01. The van der Waals surface area contributed by atoms with E-state index in [0.717, 1.165) is 16.8 Å². The van der Waals surface area contributed by atoms with Gasteiger partial charge in [-0.05, 0) is 11.1 Å². The third-order valence-corrected chi connectivity index (χ3v) is 2.96. The number of nitrogens with zero attached hydrogens (tertiary/aromatic N) is 1. The lowest BCUT2D eigenvalue weighted by Crippen LogP contribution is -1.99. The van der Waals surface area contributed by atoms with Crippen molar-refractivity contribution < 1.29 is 4.84 Å². The highest BCUT2D eigenvalue weighted by Crippen LogP contribution is 2.36. The number of benzene rings is 2. The van der Waals surface area contributed by atoms with Crippen LogP contribution in [0.15, 0.2) is 53.7 Å². The lowest BCUT2D eigenvalue weighted by atomic mass is 10.1. The van der Waals surface area contributed by atoms with Crippen molar-refractivity contribution >= 4 is 5.71 Å². The first kappa shape index (κ1) is 10.6. The summed E-state index contributed by atoms with van der Waals surface area (Å²) in [5, 5.41) is 4.17. The van der Waals surface area contributed by atoms with Crippen molar-refractivity contribution in [2.45, 2.75) is 0 Å². The van der Waals surface area contributed by atoms with Crippen molar-refractivity contribution in [2.75, 3.05) is 6.61 Å². The van der Waals surface area contributed by atoms with Crippen LogP contribution in [-0.4, -0.2) is 12.3 Å². The van der Waals surface area contributed by atoms with E-state index in [4.69, 9.17) is 11.3 Å². The Bertz CT molecular complexity index is 617. The molecule has 18 heavy (non-hydrogen) atoms. The van der Waals surface area contributed by atoms with Crippen LogP contribution in [0.2, 0.25) is 0 Å². The molecule has 2 aromatic rings. The quantitative estimate of drug-likeness (QED) is 0.378. The first-order chi connectivity index (χ1) is 8.92. The molecule has 0 aliphatic heterocycles. The van der Waals surface area contributed by atoms with Crippen molar-refractivity contribution in [2.24, 2.45) is 5.16 Å². The maximum absolute atomic E-state index is 5.16. The third kappa shape index (κ3) is 1.57. The number of fused-ring (bicyclic) bond motifs is 3. The molecule has 0 aromatic heterocycles. The molecule has 0 spiro atoms. The van der Waals surface area contributed by atoms with Gasteiger partial charge in [-0.3, -0.25) is 0 Å². The minimum Gasteiger partial charge on any atom is -0.382 e. The summed E-state index contributed by atoms with van der Waals surface area (Å²) in [7, 11) is 0. The largest absolute Gasteiger partial charge is 0.382 e. The molecule has 1 aliphatic carbocycles. The van der Waals surface area contributed by atoms with Crippen molar-refractivity contribution in [3.05, 3.63) is 59.7 Å². The van der Waals surface area contributed by atoms with Crippen LogP contribution >= 0.6 is 0 Å².